The van der Waals surface area contributed by atoms with Gasteiger partial charge in [-0.1, -0.05) is 41.4 Å². The molecule has 0 aliphatic carbocycles. The maximum absolute atomic E-state index is 11.6. The first kappa shape index (κ1) is 12.1. The molecule has 2 aromatic rings. The van der Waals surface area contributed by atoms with E-state index >= 15 is 0 Å². The fourth-order valence-corrected chi connectivity index (χ4v) is 2.53. The molecule has 0 spiro atoms. The molecule has 5 heteroatoms. The molecule has 0 aliphatic heterocycles. The molecule has 0 aliphatic rings. The Hall–Kier alpha value is -1.39. The van der Waals surface area contributed by atoms with Gasteiger partial charge in [0.05, 0.1) is 12.0 Å². The first-order chi connectivity index (χ1) is 8.11. The third-order valence-electron chi connectivity index (χ3n) is 2.29. The second-order valence-electron chi connectivity index (χ2n) is 3.50. The van der Waals surface area contributed by atoms with Crippen LogP contribution in [0.3, 0.4) is 0 Å². The molecule has 1 aromatic heterocycles. The van der Waals surface area contributed by atoms with Gasteiger partial charge in [0.25, 0.3) is 0 Å². The van der Waals surface area contributed by atoms with Crippen LogP contribution < -0.4 is 0 Å². The summed E-state index contributed by atoms with van der Waals surface area (Å²) in [6.07, 6.45) is 0. The van der Waals surface area contributed by atoms with Gasteiger partial charge in [-0.15, -0.1) is 11.3 Å². The molecule has 0 amide bonds. The summed E-state index contributed by atoms with van der Waals surface area (Å²) in [6.45, 7) is 2.00. The quantitative estimate of drug-likeness (QED) is 0.781. The number of halogens is 1. The molecule has 0 saturated heterocycles. The van der Waals surface area contributed by atoms with Crippen molar-refractivity contribution in [2.24, 2.45) is 0 Å². The average Bonchev–Trinajstić information content (AvgIpc) is 2.71. The van der Waals surface area contributed by atoms with Gasteiger partial charge in [-0.2, -0.15) is 0 Å². The van der Waals surface area contributed by atoms with Gasteiger partial charge in [0.2, 0.25) is 0 Å². The normalized spacial score (nSPS) is 10.3. The molecule has 88 valence electrons. The van der Waals surface area contributed by atoms with Crippen molar-refractivity contribution >= 4 is 28.9 Å². The topological polar surface area (TPSA) is 39.2 Å². The van der Waals surface area contributed by atoms with E-state index in [9.17, 15) is 4.79 Å². The van der Waals surface area contributed by atoms with Crippen LogP contribution in [0.2, 0.25) is 4.47 Å². The highest BCUT2D eigenvalue weighted by molar-refractivity contribution is 7.19. The first-order valence-corrected chi connectivity index (χ1v) is 6.13. The second-order valence-corrected chi connectivity index (χ2v) is 5.08. The van der Waals surface area contributed by atoms with Crippen LogP contribution in [-0.4, -0.2) is 18.1 Å². The van der Waals surface area contributed by atoms with Gasteiger partial charge in [-0.25, -0.2) is 9.78 Å². The van der Waals surface area contributed by atoms with Crippen molar-refractivity contribution in [3.05, 3.63) is 40.0 Å². The molecule has 1 aromatic carbocycles. The van der Waals surface area contributed by atoms with E-state index in [1.54, 1.807) is 0 Å². The van der Waals surface area contributed by atoms with Crippen molar-refractivity contribution in [2.75, 3.05) is 7.11 Å². The number of rotatable bonds is 2. The Kier molecular flexibility index (Phi) is 3.45. The molecule has 17 heavy (non-hydrogen) atoms. The Labute approximate surface area is 108 Å². The minimum Gasteiger partial charge on any atom is -0.464 e. The van der Waals surface area contributed by atoms with Gasteiger partial charge in [0, 0.05) is 0 Å². The zero-order valence-electron chi connectivity index (χ0n) is 9.36. The van der Waals surface area contributed by atoms with Crippen LogP contribution in [0, 0.1) is 6.92 Å². The Balaban J connectivity index is 2.51. The zero-order chi connectivity index (χ0) is 12.4. The van der Waals surface area contributed by atoms with E-state index in [1.165, 1.54) is 18.4 Å². The lowest BCUT2D eigenvalue weighted by Crippen LogP contribution is -2.03. The Morgan fingerprint density at radius 2 is 2.00 bits per heavy atom. The lowest BCUT2D eigenvalue weighted by molar-refractivity contribution is 0.0596. The lowest BCUT2D eigenvalue weighted by Gasteiger charge is -2.01. The van der Waals surface area contributed by atoms with Crippen LogP contribution in [0.25, 0.3) is 10.4 Å². The summed E-state index contributed by atoms with van der Waals surface area (Å²) >= 11 is 7.12. The number of ether oxygens (including phenoxy) is 1. The first-order valence-electron chi connectivity index (χ1n) is 4.93. The maximum atomic E-state index is 11.6. The highest BCUT2D eigenvalue weighted by atomic mass is 35.5. The summed E-state index contributed by atoms with van der Waals surface area (Å²) in [5.41, 5.74) is 2.34. The molecule has 1 heterocycles. The molecule has 0 N–H and O–H groups in total. The molecular formula is C12H10ClNO2S. The van der Waals surface area contributed by atoms with Crippen LogP contribution in [0.1, 0.15) is 16.1 Å². The number of thiazole rings is 1. The average molecular weight is 268 g/mol. The van der Waals surface area contributed by atoms with E-state index < -0.39 is 5.97 Å². The maximum Gasteiger partial charge on any atom is 0.358 e. The minimum absolute atomic E-state index is 0.270. The van der Waals surface area contributed by atoms with Crippen LogP contribution in [0.4, 0.5) is 0 Å². The number of esters is 1. The van der Waals surface area contributed by atoms with Gasteiger partial charge in [0.1, 0.15) is 0 Å². The highest BCUT2D eigenvalue weighted by Crippen LogP contribution is 2.33. The van der Waals surface area contributed by atoms with Crippen molar-refractivity contribution in [3.63, 3.8) is 0 Å². The summed E-state index contributed by atoms with van der Waals surface area (Å²) in [6, 6.07) is 7.82. The predicted molar refractivity (Wildman–Crippen MR) is 68.6 cm³/mol. The third kappa shape index (κ3) is 2.48. The Morgan fingerprint density at radius 3 is 2.59 bits per heavy atom. The third-order valence-corrected chi connectivity index (χ3v) is 3.50. The van der Waals surface area contributed by atoms with E-state index in [0.717, 1.165) is 16.0 Å². The van der Waals surface area contributed by atoms with Crippen molar-refractivity contribution < 1.29 is 9.53 Å². The van der Waals surface area contributed by atoms with Gasteiger partial charge >= 0.3 is 5.97 Å². The molecule has 0 saturated carbocycles. The lowest BCUT2D eigenvalue weighted by atomic mass is 10.1. The standard InChI is InChI=1S/C12H10ClNO2S/c1-7-3-5-8(6-4-7)10-9(11(15)16-2)14-12(13)17-10/h3-6H,1-2H3. The van der Waals surface area contributed by atoms with Gasteiger partial charge in [-0.3, -0.25) is 0 Å². The monoisotopic (exact) mass is 267 g/mol. The molecule has 0 radical (unpaired) electrons. The molecule has 0 fully saturated rings. The van der Waals surface area contributed by atoms with Crippen LogP contribution >= 0.6 is 22.9 Å². The number of aromatic nitrogens is 1. The fourth-order valence-electron chi connectivity index (χ4n) is 1.43. The predicted octanol–water partition coefficient (Wildman–Crippen LogP) is 3.56. The molecule has 0 atom stereocenters. The van der Waals surface area contributed by atoms with Gasteiger partial charge < -0.3 is 4.74 Å². The molecule has 0 bridgehead atoms. The van der Waals surface area contributed by atoms with Crippen LogP contribution in [0.15, 0.2) is 24.3 Å². The largest absolute Gasteiger partial charge is 0.464 e. The Morgan fingerprint density at radius 1 is 1.35 bits per heavy atom. The van der Waals surface area contributed by atoms with Crippen LogP contribution in [0.5, 0.6) is 0 Å². The van der Waals surface area contributed by atoms with Gasteiger partial charge in [-0.05, 0) is 12.5 Å². The molecule has 2 rings (SSSR count). The highest BCUT2D eigenvalue weighted by Gasteiger charge is 2.19. The van der Waals surface area contributed by atoms with E-state index in [2.05, 4.69) is 9.72 Å². The van der Waals surface area contributed by atoms with E-state index in [-0.39, 0.29) is 5.69 Å². The second kappa shape index (κ2) is 4.85. The number of methoxy groups -OCH3 is 1. The molecule has 0 unspecified atom stereocenters. The van der Waals surface area contributed by atoms with E-state index in [4.69, 9.17) is 11.6 Å². The number of hydrogen-bond donors (Lipinski definition) is 0. The van der Waals surface area contributed by atoms with E-state index in [1.807, 2.05) is 31.2 Å². The number of aryl methyl sites for hydroxylation is 1. The number of benzene rings is 1. The smallest absolute Gasteiger partial charge is 0.358 e. The SMILES string of the molecule is COC(=O)c1nc(Cl)sc1-c1ccc(C)cc1. The summed E-state index contributed by atoms with van der Waals surface area (Å²) in [5, 5.41) is 0. The number of hydrogen-bond acceptors (Lipinski definition) is 4. The zero-order valence-corrected chi connectivity index (χ0v) is 10.9. The van der Waals surface area contributed by atoms with Crippen molar-refractivity contribution in [3.8, 4) is 10.4 Å². The molecular weight excluding hydrogens is 258 g/mol. The van der Waals surface area contributed by atoms with Crippen molar-refractivity contribution in [2.45, 2.75) is 6.92 Å². The fraction of sp³-hybridized carbons (Fsp3) is 0.167. The summed E-state index contributed by atoms with van der Waals surface area (Å²) in [4.78, 5) is 16.3. The van der Waals surface area contributed by atoms with Crippen molar-refractivity contribution in [1.82, 2.24) is 4.98 Å². The Bertz CT molecular complexity index is 548. The number of nitrogens with zero attached hydrogens (tertiary/aromatic N) is 1. The summed E-state index contributed by atoms with van der Waals surface area (Å²) in [7, 11) is 1.33. The van der Waals surface area contributed by atoms with Crippen LogP contribution in [-0.2, 0) is 4.74 Å². The minimum atomic E-state index is -0.469. The van der Waals surface area contributed by atoms with E-state index in [0.29, 0.717) is 4.47 Å². The van der Waals surface area contributed by atoms with Crippen molar-refractivity contribution in [1.29, 1.82) is 0 Å². The number of carbonyl (C=O) groups excluding carboxylic acids is 1. The van der Waals surface area contributed by atoms with Gasteiger partial charge in [0.15, 0.2) is 10.2 Å². The number of carbonyl (C=O) groups is 1. The molecule has 3 nitrogen and oxygen atoms in total. The summed E-state index contributed by atoms with van der Waals surface area (Å²) in [5.74, 6) is -0.469. The summed E-state index contributed by atoms with van der Waals surface area (Å²) < 4.78 is 5.02.